The first kappa shape index (κ1) is 19.5. The summed E-state index contributed by atoms with van der Waals surface area (Å²) < 4.78 is 1.07. The van der Waals surface area contributed by atoms with Crippen LogP contribution in [-0.4, -0.2) is 17.5 Å². The summed E-state index contributed by atoms with van der Waals surface area (Å²) in [7, 11) is 0. The second-order valence-electron chi connectivity index (χ2n) is 6.55. The van der Waals surface area contributed by atoms with E-state index in [1.807, 2.05) is 19.1 Å². The first-order chi connectivity index (χ1) is 9.88. The van der Waals surface area contributed by atoms with Gasteiger partial charge in [0.05, 0.1) is 5.92 Å². The molecule has 1 fully saturated rings. The standard InChI is InChI=1S/C17H25BrN2O.ClH/c1-12(10-13-6-5-7-14(18)11-13)20-16(21)15-8-3-4-9-17(15,2)19;/h5-7,11-12,15H,3-4,8-10,19H2,1-2H3,(H,20,21);1H. The maximum absolute atomic E-state index is 12.5. The van der Waals surface area contributed by atoms with Gasteiger partial charge in [0.15, 0.2) is 0 Å². The maximum Gasteiger partial charge on any atom is 0.225 e. The molecule has 1 saturated carbocycles. The molecular formula is C17H26BrClN2O. The van der Waals surface area contributed by atoms with Crippen LogP contribution in [0.5, 0.6) is 0 Å². The highest BCUT2D eigenvalue weighted by Gasteiger charge is 2.37. The van der Waals surface area contributed by atoms with Crippen molar-refractivity contribution in [2.24, 2.45) is 11.7 Å². The molecule has 1 aromatic rings. The molecule has 0 aliphatic heterocycles. The topological polar surface area (TPSA) is 55.1 Å². The van der Waals surface area contributed by atoms with Gasteiger partial charge in [-0.2, -0.15) is 0 Å². The molecule has 3 N–H and O–H groups in total. The van der Waals surface area contributed by atoms with Crippen molar-refractivity contribution in [3.8, 4) is 0 Å². The van der Waals surface area contributed by atoms with Crippen molar-refractivity contribution in [1.29, 1.82) is 0 Å². The summed E-state index contributed by atoms with van der Waals surface area (Å²) in [6, 6.07) is 8.32. The summed E-state index contributed by atoms with van der Waals surface area (Å²) in [5.41, 5.74) is 7.16. The molecule has 22 heavy (non-hydrogen) atoms. The lowest BCUT2D eigenvalue weighted by Gasteiger charge is -2.37. The largest absolute Gasteiger partial charge is 0.353 e. The Hall–Kier alpha value is -0.580. The predicted octanol–water partition coefficient (Wildman–Crippen LogP) is 3.83. The minimum absolute atomic E-state index is 0. The van der Waals surface area contributed by atoms with E-state index in [1.165, 1.54) is 5.56 Å². The summed E-state index contributed by atoms with van der Waals surface area (Å²) in [6.07, 6.45) is 4.90. The van der Waals surface area contributed by atoms with Crippen molar-refractivity contribution in [1.82, 2.24) is 5.32 Å². The van der Waals surface area contributed by atoms with E-state index in [0.29, 0.717) is 0 Å². The van der Waals surface area contributed by atoms with Crippen LogP contribution in [0, 0.1) is 5.92 Å². The van der Waals surface area contributed by atoms with Crippen LogP contribution in [0.3, 0.4) is 0 Å². The van der Waals surface area contributed by atoms with Gasteiger partial charge in [-0.3, -0.25) is 4.79 Å². The van der Waals surface area contributed by atoms with E-state index in [4.69, 9.17) is 5.73 Å². The number of carbonyl (C=O) groups excluding carboxylic acids is 1. The molecule has 5 heteroatoms. The maximum atomic E-state index is 12.5. The third-order valence-electron chi connectivity index (χ3n) is 4.39. The van der Waals surface area contributed by atoms with Crippen LogP contribution in [0.25, 0.3) is 0 Å². The van der Waals surface area contributed by atoms with E-state index in [-0.39, 0.29) is 35.8 Å². The van der Waals surface area contributed by atoms with Crippen LogP contribution >= 0.6 is 28.3 Å². The predicted molar refractivity (Wildman–Crippen MR) is 97.2 cm³/mol. The van der Waals surface area contributed by atoms with E-state index >= 15 is 0 Å². The number of amides is 1. The van der Waals surface area contributed by atoms with Gasteiger partial charge in [-0.1, -0.05) is 40.9 Å². The lowest BCUT2D eigenvalue weighted by atomic mass is 9.74. The summed E-state index contributed by atoms with van der Waals surface area (Å²) >= 11 is 3.48. The van der Waals surface area contributed by atoms with Crippen LogP contribution in [0.15, 0.2) is 28.7 Å². The van der Waals surface area contributed by atoms with Crippen molar-refractivity contribution in [3.63, 3.8) is 0 Å². The molecule has 0 bridgehead atoms. The molecule has 0 spiro atoms. The van der Waals surface area contributed by atoms with Gasteiger partial charge in [-0.25, -0.2) is 0 Å². The van der Waals surface area contributed by atoms with Gasteiger partial charge in [0, 0.05) is 16.1 Å². The zero-order valence-corrected chi connectivity index (χ0v) is 15.7. The molecule has 0 heterocycles. The van der Waals surface area contributed by atoms with Gasteiger partial charge < -0.3 is 11.1 Å². The highest BCUT2D eigenvalue weighted by atomic mass is 79.9. The van der Waals surface area contributed by atoms with Gasteiger partial charge in [-0.15, -0.1) is 12.4 Å². The number of hydrogen-bond donors (Lipinski definition) is 2. The highest BCUT2D eigenvalue weighted by Crippen LogP contribution is 2.31. The zero-order chi connectivity index (χ0) is 15.5. The Morgan fingerprint density at radius 1 is 1.50 bits per heavy atom. The molecule has 1 aromatic carbocycles. The van der Waals surface area contributed by atoms with Crippen molar-refractivity contribution in [2.45, 2.75) is 57.5 Å². The lowest BCUT2D eigenvalue weighted by Crippen LogP contribution is -2.54. The number of benzene rings is 1. The zero-order valence-electron chi connectivity index (χ0n) is 13.3. The molecule has 124 valence electrons. The second kappa shape index (κ2) is 8.32. The number of rotatable bonds is 4. The minimum atomic E-state index is -0.363. The van der Waals surface area contributed by atoms with E-state index in [2.05, 4.69) is 40.3 Å². The molecule has 3 nitrogen and oxygen atoms in total. The molecule has 1 aliphatic rings. The molecule has 0 saturated heterocycles. The number of carbonyl (C=O) groups is 1. The molecule has 1 amide bonds. The Balaban J connectivity index is 0.00000242. The fraction of sp³-hybridized carbons (Fsp3) is 0.588. The van der Waals surface area contributed by atoms with Crippen LogP contribution < -0.4 is 11.1 Å². The fourth-order valence-corrected chi connectivity index (χ4v) is 3.65. The van der Waals surface area contributed by atoms with Crippen molar-refractivity contribution < 1.29 is 4.79 Å². The van der Waals surface area contributed by atoms with E-state index in [9.17, 15) is 4.79 Å². The Morgan fingerprint density at radius 3 is 2.86 bits per heavy atom. The average molecular weight is 390 g/mol. The molecule has 2 rings (SSSR count). The van der Waals surface area contributed by atoms with Gasteiger partial charge in [0.25, 0.3) is 0 Å². The highest BCUT2D eigenvalue weighted by molar-refractivity contribution is 9.10. The molecule has 0 radical (unpaired) electrons. The summed E-state index contributed by atoms with van der Waals surface area (Å²) in [5.74, 6) is 0.0541. The molecule has 0 aromatic heterocycles. The third kappa shape index (κ3) is 5.25. The summed E-state index contributed by atoms with van der Waals surface area (Å²) in [6.45, 7) is 4.06. The molecule has 3 unspecified atom stereocenters. The minimum Gasteiger partial charge on any atom is -0.353 e. The fourth-order valence-electron chi connectivity index (χ4n) is 3.20. The van der Waals surface area contributed by atoms with Crippen molar-refractivity contribution in [3.05, 3.63) is 34.3 Å². The first-order valence-electron chi connectivity index (χ1n) is 7.72. The van der Waals surface area contributed by atoms with E-state index < -0.39 is 0 Å². The number of hydrogen-bond acceptors (Lipinski definition) is 2. The Labute approximate surface area is 148 Å². The van der Waals surface area contributed by atoms with Crippen molar-refractivity contribution >= 4 is 34.2 Å². The van der Waals surface area contributed by atoms with E-state index in [0.717, 1.165) is 36.6 Å². The van der Waals surface area contributed by atoms with E-state index in [1.54, 1.807) is 0 Å². The van der Waals surface area contributed by atoms with Crippen LogP contribution in [0.1, 0.15) is 45.1 Å². The normalized spacial score (nSPS) is 25.9. The van der Waals surface area contributed by atoms with Crippen LogP contribution in [0.4, 0.5) is 0 Å². The monoisotopic (exact) mass is 388 g/mol. The quantitative estimate of drug-likeness (QED) is 0.822. The van der Waals surface area contributed by atoms with Crippen LogP contribution in [0.2, 0.25) is 0 Å². The summed E-state index contributed by atoms with van der Waals surface area (Å²) in [4.78, 5) is 12.5. The smallest absolute Gasteiger partial charge is 0.225 e. The Kier molecular flexibility index (Phi) is 7.36. The van der Waals surface area contributed by atoms with Gasteiger partial charge in [0.2, 0.25) is 5.91 Å². The van der Waals surface area contributed by atoms with Gasteiger partial charge >= 0.3 is 0 Å². The average Bonchev–Trinajstić information content (AvgIpc) is 2.37. The Morgan fingerprint density at radius 2 is 2.23 bits per heavy atom. The lowest BCUT2D eigenvalue weighted by molar-refractivity contribution is -0.128. The van der Waals surface area contributed by atoms with Gasteiger partial charge in [-0.05, 0) is 50.8 Å². The molecular weight excluding hydrogens is 364 g/mol. The number of halogens is 2. The first-order valence-corrected chi connectivity index (χ1v) is 8.51. The SMILES string of the molecule is CC(Cc1cccc(Br)c1)NC(=O)C1CCCCC1(C)N.Cl. The summed E-state index contributed by atoms with van der Waals surface area (Å²) in [5, 5.41) is 3.14. The number of nitrogens with one attached hydrogen (secondary N) is 1. The molecule has 3 atom stereocenters. The van der Waals surface area contributed by atoms with Crippen molar-refractivity contribution in [2.75, 3.05) is 0 Å². The van der Waals surface area contributed by atoms with Crippen LogP contribution in [-0.2, 0) is 11.2 Å². The number of nitrogens with two attached hydrogens (primary N) is 1. The Bertz CT molecular complexity index is 507. The second-order valence-corrected chi connectivity index (χ2v) is 7.46. The van der Waals surface area contributed by atoms with Gasteiger partial charge in [0.1, 0.15) is 0 Å². The molecule has 1 aliphatic carbocycles. The third-order valence-corrected chi connectivity index (χ3v) is 4.88.